The van der Waals surface area contributed by atoms with Crippen molar-refractivity contribution in [2.45, 2.75) is 58.8 Å². The average molecular weight is 629 g/mol. The van der Waals surface area contributed by atoms with Crippen LogP contribution in [0.5, 0.6) is 0 Å². The molecule has 4 aliphatic carbocycles. The van der Waals surface area contributed by atoms with E-state index < -0.39 is 53.6 Å². The van der Waals surface area contributed by atoms with Gasteiger partial charge in [0.15, 0.2) is 17.5 Å². The van der Waals surface area contributed by atoms with Gasteiger partial charge in [0.05, 0.1) is 22.2 Å². The van der Waals surface area contributed by atoms with E-state index >= 15 is 0 Å². The van der Waals surface area contributed by atoms with Crippen LogP contribution in [0.2, 0.25) is 0 Å². The highest BCUT2D eigenvalue weighted by atomic mass is 16.6. The van der Waals surface area contributed by atoms with Crippen molar-refractivity contribution in [2.75, 3.05) is 17.7 Å². The van der Waals surface area contributed by atoms with Crippen LogP contribution in [0.1, 0.15) is 61.8 Å². The maximum absolute atomic E-state index is 14.6. The third kappa shape index (κ3) is 4.52. The average Bonchev–Trinajstić information content (AvgIpc) is 3.50. The number of hydrogen-bond acceptors (Lipinski definition) is 9. The quantitative estimate of drug-likeness (QED) is 0.210. The van der Waals surface area contributed by atoms with E-state index in [1.807, 2.05) is 6.92 Å². The largest absolute Gasteiger partial charge is 0.457 e. The van der Waals surface area contributed by atoms with Gasteiger partial charge in [-0.2, -0.15) is 0 Å². The number of para-hydroxylation sites is 2. The fourth-order valence-electron chi connectivity index (χ4n) is 8.64. The molecule has 242 valence electrons. The Bertz CT molecular complexity index is 1710. The number of carbonyl (C=O) groups is 4. The summed E-state index contributed by atoms with van der Waals surface area (Å²) in [5, 5.41) is 27.4. The van der Waals surface area contributed by atoms with E-state index in [1.165, 1.54) is 13.0 Å². The van der Waals surface area contributed by atoms with Gasteiger partial charge in [0.2, 0.25) is 0 Å². The number of aliphatic hydroxyl groups is 2. The molecule has 2 aromatic carbocycles. The minimum Gasteiger partial charge on any atom is -0.457 e. The number of rotatable bonds is 6. The van der Waals surface area contributed by atoms with E-state index in [-0.39, 0.29) is 57.0 Å². The molecule has 0 aromatic heterocycles. The highest BCUT2D eigenvalue weighted by Gasteiger charge is 2.76. The van der Waals surface area contributed by atoms with Crippen LogP contribution in [0.15, 0.2) is 71.8 Å². The van der Waals surface area contributed by atoms with E-state index in [0.29, 0.717) is 12.0 Å². The molecule has 2 aromatic rings. The van der Waals surface area contributed by atoms with Crippen LogP contribution < -0.4 is 11.1 Å². The maximum atomic E-state index is 14.6. The van der Waals surface area contributed by atoms with Gasteiger partial charge in [-0.05, 0) is 71.9 Å². The van der Waals surface area contributed by atoms with Gasteiger partial charge in [-0.3, -0.25) is 14.4 Å². The molecule has 0 saturated heterocycles. The van der Waals surface area contributed by atoms with Crippen LogP contribution >= 0.6 is 0 Å². The highest BCUT2D eigenvalue weighted by Crippen LogP contribution is 2.71. The summed E-state index contributed by atoms with van der Waals surface area (Å²) in [7, 11) is 0. The molecule has 1 spiro atoms. The molecule has 46 heavy (non-hydrogen) atoms. The van der Waals surface area contributed by atoms with Gasteiger partial charge in [-0.25, -0.2) is 4.79 Å². The van der Waals surface area contributed by atoms with Crippen molar-refractivity contribution in [3.63, 3.8) is 0 Å². The number of esters is 2. The summed E-state index contributed by atoms with van der Waals surface area (Å²) in [6, 6.07) is 12.9. The predicted molar refractivity (Wildman–Crippen MR) is 169 cm³/mol. The zero-order valence-electron chi connectivity index (χ0n) is 26.6. The number of allylic oxidation sites excluding steroid dienone is 1. The third-order valence-corrected chi connectivity index (χ3v) is 11.0. The summed E-state index contributed by atoms with van der Waals surface area (Å²) < 4.78 is 11.3. The number of hydrogen-bond donors (Lipinski definition) is 4. The first kappa shape index (κ1) is 31.7. The topological polar surface area (TPSA) is 165 Å². The second-order valence-corrected chi connectivity index (χ2v) is 13.9. The zero-order chi connectivity index (χ0) is 33.3. The summed E-state index contributed by atoms with van der Waals surface area (Å²) in [6.45, 7) is 8.59. The fourth-order valence-corrected chi connectivity index (χ4v) is 8.64. The number of anilines is 2. The molecule has 2 fully saturated rings. The van der Waals surface area contributed by atoms with E-state index in [0.717, 1.165) is 0 Å². The van der Waals surface area contributed by atoms with Crippen molar-refractivity contribution in [3.8, 4) is 0 Å². The number of ketones is 1. The minimum absolute atomic E-state index is 0.0371. The van der Waals surface area contributed by atoms with Gasteiger partial charge in [0.25, 0.3) is 5.91 Å². The second-order valence-electron chi connectivity index (χ2n) is 13.9. The van der Waals surface area contributed by atoms with Gasteiger partial charge in [0.1, 0.15) is 12.7 Å². The lowest BCUT2D eigenvalue weighted by molar-refractivity contribution is -0.202. The Balaban J connectivity index is 1.34. The molecule has 8 atom stereocenters. The van der Waals surface area contributed by atoms with E-state index in [9.17, 15) is 29.4 Å². The summed E-state index contributed by atoms with van der Waals surface area (Å²) in [6.07, 6.45) is 1.02. The van der Waals surface area contributed by atoms with Crippen LogP contribution in [-0.2, 0) is 19.1 Å². The number of Topliss-reactive ketones (excluding diaryl/α,β-unsaturated/α-hetero) is 1. The van der Waals surface area contributed by atoms with Gasteiger partial charge in [0, 0.05) is 18.5 Å². The van der Waals surface area contributed by atoms with Crippen molar-refractivity contribution in [1.82, 2.24) is 0 Å². The van der Waals surface area contributed by atoms with Crippen LogP contribution in [0.25, 0.3) is 0 Å². The normalized spacial score (nSPS) is 33.7. The molecule has 0 heterocycles. The first-order chi connectivity index (χ1) is 21.7. The number of nitrogens with one attached hydrogen (secondary N) is 1. The molecule has 0 aliphatic heterocycles. The maximum Gasteiger partial charge on any atom is 0.340 e. The standard InChI is InChI=1S/C36H40N2O8/c1-18-16-35-19(2)14-25-28(34(25,4)5)24(30(35)41)15-21(29(40)36(35,44)31(18)46-20(3)39)17-45-33(43)23-11-7-9-13-27(23)38-32(42)22-10-6-8-12-26(22)37/h6-13,15-16,19,24-25,28-29,31,40,44H,14,17,37H2,1-5H3,(H,38,42)/t19-,24-,25-,28+,29-,31+,35+,36+/m1/s1. The Morgan fingerprint density at radius 1 is 1.07 bits per heavy atom. The van der Waals surface area contributed by atoms with Gasteiger partial charge in [-0.15, -0.1) is 0 Å². The van der Waals surface area contributed by atoms with Crippen LogP contribution in [0.4, 0.5) is 11.4 Å². The number of amides is 1. The minimum atomic E-state index is -2.23. The Morgan fingerprint density at radius 3 is 2.39 bits per heavy atom. The Kier molecular flexibility index (Phi) is 7.52. The fraction of sp³-hybridized carbons (Fsp3) is 0.444. The molecule has 6 rings (SSSR count). The van der Waals surface area contributed by atoms with Crippen molar-refractivity contribution in [2.24, 2.45) is 34.5 Å². The van der Waals surface area contributed by atoms with Crippen LogP contribution in [-0.4, -0.2) is 58.3 Å². The zero-order valence-corrected chi connectivity index (χ0v) is 26.6. The van der Waals surface area contributed by atoms with Crippen molar-refractivity contribution in [1.29, 1.82) is 0 Å². The van der Waals surface area contributed by atoms with Gasteiger partial charge >= 0.3 is 11.9 Å². The number of fused-ring (bicyclic) bond motifs is 3. The molecule has 10 heteroatoms. The molecule has 0 radical (unpaired) electrons. The number of carbonyl (C=O) groups excluding carboxylic acids is 4. The lowest BCUT2D eigenvalue weighted by atomic mass is 9.59. The number of nitrogens with two attached hydrogens (primary N) is 1. The van der Waals surface area contributed by atoms with Gasteiger partial charge in [-0.1, -0.05) is 57.2 Å². The molecule has 10 nitrogen and oxygen atoms in total. The summed E-state index contributed by atoms with van der Waals surface area (Å²) in [5.74, 6) is -3.08. The lowest BCUT2D eigenvalue weighted by Crippen LogP contribution is -2.65. The van der Waals surface area contributed by atoms with Gasteiger partial charge < -0.3 is 30.7 Å². The third-order valence-electron chi connectivity index (χ3n) is 11.0. The first-order valence-corrected chi connectivity index (χ1v) is 15.6. The highest BCUT2D eigenvalue weighted by molar-refractivity contribution is 6.10. The number of benzene rings is 2. The van der Waals surface area contributed by atoms with E-state index in [1.54, 1.807) is 61.5 Å². The Morgan fingerprint density at radius 2 is 1.72 bits per heavy atom. The summed E-state index contributed by atoms with van der Waals surface area (Å²) in [4.78, 5) is 53.3. The first-order valence-electron chi connectivity index (χ1n) is 15.6. The Labute approximate surface area is 267 Å². The molecule has 1 amide bonds. The molecule has 0 unspecified atom stereocenters. The predicted octanol–water partition coefficient (Wildman–Crippen LogP) is 4.09. The van der Waals surface area contributed by atoms with Crippen LogP contribution in [0.3, 0.4) is 0 Å². The SMILES string of the molecule is CC(=O)O[C@H]1C(C)=C[C@]23C(=O)[C@H](C=C(COC(=O)c4ccccc4NC(=O)c4ccccc4N)[C@@H](O)[C@]12O)[C@H]1[C@@H](C[C@H]3C)C1(C)C. The van der Waals surface area contributed by atoms with Crippen molar-refractivity contribution >= 4 is 35.0 Å². The van der Waals surface area contributed by atoms with E-state index in [4.69, 9.17) is 15.2 Å². The molecule has 5 N–H and O–H groups in total. The molecule has 2 bridgehead atoms. The molecule has 4 aliphatic rings. The number of aliphatic hydroxyl groups excluding tert-OH is 1. The lowest BCUT2D eigenvalue weighted by Gasteiger charge is -2.48. The molecular weight excluding hydrogens is 588 g/mol. The summed E-state index contributed by atoms with van der Waals surface area (Å²) >= 11 is 0. The number of ether oxygens (including phenoxy) is 2. The van der Waals surface area contributed by atoms with Crippen LogP contribution in [0, 0.1) is 34.5 Å². The van der Waals surface area contributed by atoms with Crippen molar-refractivity contribution in [3.05, 3.63) is 83.0 Å². The molecular formula is C36H40N2O8. The number of nitrogen functional groups attached to an aromatic ring is 1. The monoisotopic (exact) mass is 628 g/mol. The molecule has 2 saturated carbocycles. The van der Waals surface area contributed by atoms with E-state index in [2.05, 4.69) is 19.2 Å². The summed E-state index contributed by atoms with van der Waals surface area (Å²) in [5.41, 5.74) is 3.45. The van der Waals surface area contributed by atoms with Crippen molar-refractivity contribution < 1.29 is 38.9 Å². The Hall–Kier alpha value is -4.28. The smallest absolute Gasteiger partial charge is 0.340 e. The second kappa shape index (κ2) is 10.9.